The largest absolute Gasteiger partial charge is 0.496 e. The highest BCUT2D eigenvalue weighted by molar-refractivity contribution is 9.10. The Balaban J connectivity index is 1.64. The molecule has 0 saturated heterocycles. The van der Waals surface area contributed by atoms with Crippen LogP contribution >= 0.6 is 27.5 Å². The van der Waals surface area contributed by atoms with Gasteiger partial charge in [-0.05, 0) is 73.1 Å². The minimum Gasteiger partial charge on any atom is -0.496 e. The summed E-state index contributed by atoms with van der Waals surface area (Å²) in [6.45, 7) is 5.58. The molecule has 2 heterocycles. The Morgan fingerprint density at radius 2 is 1.91 bits per heavy atom. The average molecular weight is 669 g/mol. The van der Waals surface area contributed by atoms with Gasteiger partial charge in [-0.25, -0.2) is 9.78 Å². The first kappa shape index (κ1) is 30.1. The van der Waals surface area contributed by atoms with E-state index in [1.54, 1.807) is 70.3 Å². The van der Waals surface area contributed by atoms with E-state index in [4.69, 9.17) is 39.9 Å². The van der Waals surface area contributed by atoms with Crippen LogP contribution in [0.1, 0.15) is 26.3 Å². The average Bonchev–Trinajstić information content (AvgIpc) is 3.45. The fourth-order valence-corrected chi connectivity index (χ4v) is 5.03. The number of para-hydroxylation sites is 1. The molecule has 0 fully saturated rings. The van der Waals surface area contributed by atoms with Crippen molar-refractivity contribution in [3.8, 4) is 28.8 Å². The number of ether oxygens (including phenoxy) is 4. The van der Waals surface area contributed by atoms with Gasteiger partial charge in [0.25, 0.3) is 5.56 Å². The first-order valence-corrected chi connectivity index (χ1v) is 14.6. The van der Waals surface area contributed by atoms with Crippen LogP contribution in [0.15, 0.2) is 73.4 Å². The first-order valence-electron chi connectivity index (χ1n) is 13.4. The smallest absolute Gasteiger partial charge is 0.347 e. The Bertz CT molecular complexity index is 1920. The molecule has 0 aliphatic carbocycles. The SMILES string of the molecule is CCOC(=O)[C@H](C)Oc1c(OCC)cc(C=Nn2c(-c3cc4c(OC)cccc4o3)nc3ccccc3c2=O)c(Br)c1Cl. The van der Waals surface area contributed by atoms with E-state index in [1.807, 2.05) is 12.1 Å². The Labute approximate surface area is 259 Å². The van der Waals surface area contributed by atoms with Gasteiger partial charge in [-0.1, -0.05) is 29.8 Å². The number of carbonyl (C=O) groups is 1. The zero-order chi connectivity index (χ0) is 30.7. The molecule has 0 unspecified atom stereocenters. The van der Waals surface area contributed by atoms with Crippen LogP contribution in [0, 0.1) is 0 Å². The lowest BCUT2D eigenvalue weighted by Gasteiger charge is -2.19. The maximum atomic E-state index is 13.7. The number of hydrogen-bond acceptors (Lipinski definition) is 9. The molecule has 0 saturated carbocycles. The highest BCUT2D eigenvalue weighted by Crippen LogP contribution is 2.43. The number of hydrogen-bond donors (Lipinski definition) is 0. The summed E-state index contributed by atoms with van der Waals surface area (Å²) in [5, 5.41) is 5.78. The summed E-state index contributed by atoms with van der Waals surface area (Å²) in [5.41, 5.74) is 1.12. The van der Waals surface area contributed by atoms with E-state index < -0.39 is 17.6 Å². The molecule has 3 aromatic carbocycles. The number of methoxy groups -OCH3 is 1. The third-order valence-corrected chi connectivity index (χ3v) is 7.84. The molecule has 5 rings (SSSR count). The van der Waals surface area contributed by atoms with Crippen molar-refractivity contribution in [2.75, 3.05) is 20.3 Å². The Morgan fingerprint density at radius 1 is 1.12 bits per heavy atom. The number of nitrogens with zero attached hydrogens (tertiary/aromatic N) is 3. The number of furan rings is 1. The third-order valence-electron chi connectivity index (χ3n) is 6.40. The summed E-state index contributed by atoms with van der Waals surface area (Å²) >= 11 is 10.2. The number of aromatic nitrogens is 2. The van der Waals surface area contributed by atoms with Crippen LogP contribution in [0.5, 0.6) is 17.2 Å². The Kier molecular flexibility index (Phi) is 9.02. The van der Waals surface area contributed by atoms with Crippen molar-refractivity contribution in [3.63, 3.8) is 0 Å². The van der Waals surface area contributed by atoms with Gasteiger partial charge in [0, 0.05) is 10.0 Å². The summed E-state index contributed by atoms with van der Waals surface area (Å²) < 4.78 is 29.8. The Hall–Kier alpha value is -4.35. The second kappa shape index (κ2) is 12.9. The summed E-state index contributed by atoms with van der Waals surface area (Å²) in [7, 11) is 1.57. The second-order valence-corrected chi connectivity index (χ2v) is 10.3. The molecular formula is C31H27BrClN3O7. The molecule has 0 spiro atoms. The standard InChI is InChI=1S/C31H27BrClN3O7/c1-5-40-24-14-18(26(32)27(33)28(24)42-17(3)31(38)41-6-2)16-34-36-29(35-21-11-8-7-10-19(21)30(36)37)25-15-20-22(39-4)12-9-13-23(20)43-25/h7-17H,5-6H2,1-4H3/t17-/m0/s1. The zero-order valence-corrected chi connectivity index (χ0v) is 26.1. The van der Waals surface area contributed by atoms with E-state index in [2.05, 4.69) is 21.0 Å². The number of fused-ring (bicyclic) bond motifs is 2. The van der Waals surface area contributed by atoms with Crippen molar-refractivity contribution in [3.05, 3.63) is 80.0 Å². The van der Waals surface area contributed by atoms with Crippen molar-refractivity contribution < 1.29 is 28.2 Å². The zero-order valence-electron chi connectivity index (χ0n) is 23.7. The quantitative estimate of drug-likeness (QED) is 0.117. The van der Waals surface area contributed by atoms with Crippen LogP contribution in [-0.2, 0) is 9.53 Å². The molecule has 0 aliphatic rings. The molecule has 5 aromatic rings. The van der Waals surface area contributed by atoms with E-state index in [0.29, 0.717) is 44.6 Å². The van der Waals surface area contributed by atoms with Gasteiger partial charge in [0.1, 0.15) is 16.4 Å². The molecule has 0 radical (unpaired) electrons. The van der Waals surface area contributed by atoms with Gasteiger partial charge in [-0.3, -0.25) is 4.79 Å². The van der Waals surface area contributed by atoms with Crippen molar-refractivity contribution >= 4 is 61.6 Å². The summed E-state index contributed by atoms with van der Waals surface area (Å²) in [6.07, 6.45) is 0.511. The number of benzene rings is 3. The van der Waals surface area contributed by atoms with Gasteiger partial charge in [0.2, 0.25) is 5.82 Å². The molecular weight excluding hydrogens is 642 g/mol. The van der Waals surface area contributed by atoms with E-state index >= 15 is 0 Å². The minimum absolute atomic E-state index is 0.150. The molecule has 222 valence electrons. The lowest BCUT2D eigenvalue weighted by atomic mass is 10.2. The predicted octanol–water partition coefficient (Wildman–Crippen LogP) is 6.85. The van der Waals surface area contributed by atoms with Gasteiger partial charge >= 0.3 is 5.97 Å². The van der Waals surface area contributed by atoms with Gasteiger partial charge < -0.3 is 23.4 Å². The molecule has 10 nitrogen and oxygen atoms in total. The van der Waals surface area contributed by atoms with Gasteiger partial charge in [-0.15, -0.1) is 0 Å². The van der Waals surface area contributed by atoms with E-state index in [0.717, 1.165) is 5.39 Å². The van der Waals surface area contributed by atoms with Crippen LogP contribution in [0.3, 0.4) is 0 Å². The molecule has 0 amide bonds. The first-order chi connectivity index (χ1) is 20.8. The van der Waals surface area contributed by atoms with E-state index in [9.17, 15) is 9.59 Å². The monoisotopic (exact) mass is 667 g/mol. The highest BCUT2D eigenvalue weighted by Gasteiger charge is 2.24. The summed E-state index contributed by atoms with van der Waals surface area (Å²) in [4.78, 5) is 30.6. The van der Waals surface area contributed by atoms with Crippen LogP contribution < -0.4 is 19.8 Å². The molecule has 43 heavy (non-hydrogen) atoms. The maximum absolute atomic E-state index is 13.7. The van der Waals surface area contributed by atoms with E-state index in [1.165, 1.54) is 10.9 Å². The second-order valence-electron chi connectivity index (χ2n) is 9.16. The van der Waals surface area contributed by atoms with Crippen molar-refractivity contribution in [1.82, 2.24) is 9.66 Å². The molecule has 0 aliphatic heterocycles. The number of esters is 1. The van der Waals surface area contributed by atoms with Crippen LogP contribution in [0.4, 0.5) is 0 Å². The predicted molar refractivity (Wildman–Crippen MR) is 168 cm³/mol. The molecule has 0 N–H and O–H groups in total. The summed E-state index contributed by atoms with van der Waals surface area (Å²) in [6, 6.07) is 15.8. The lowest BCUT2D eigenvalue weighted by molar-refractivity contribution is -0.150. The third kappa shape index (κ3) is 5.95. The van der Waals surface area contributed by atoms with Crippen LogP contribution in [-0.4, -0.2) is 48.3 Å². The van der Waals surface area contributed by atoms with Crippen LogP contribution in [0.2, 0.25) is 5.02 Å². The minimum atomic E-state index is -0.935. The number of carbonyl (C=O) groups excluding carboxylic acids is 1. The molecule has 1 atom stereocenters. The van der Waals surface area contributed by atoms with Gasteiger partial charge in [0.05, 0.1) is 42.8 Å². The molecule has 12 heteroatoms. The highest BCUT2D eigenvalue weighted by atomic mass is 79.9. The maximum Gasteiger partial charge on any atom is 0.347 e. The number of rotatable bonds is 10. The fraction of sp³-hybridized carbons (Fsp3) is 0.226. The molecule has 2 aromatic heterocycles. The summed E-state index contributed by atoms with van der Waals surface area (Å²) in [5.74, 6) is 1.03. The lowest BCUT2D eigenvalue weighted by Crippen LogP contribution is -2.26. The molecule has 0 bridgehead atoms. The normalized spacial score (nSPS) is 12.1. The topological polar surface area (TPSA) is 114 Å². The van der Waals surface area contributed by atoms with E-state index in [-0.39, 0.29) is 29.0 Å². The fourth-order valence-electron chi connectivity index (χ4n) is 4.39. The van der Waals surface area contributed by atoms with Gasteiger partial charge in [0.15, 0.2) is 23.4 Å². The van der Waals surface area contributed by atoms with Crippen molar-refractivity contribution in [1.29, 1.82) is 0 Å². The van der Waals surface area contributed by atoms with Crippen molar-refractivity contribution in [2.24, 2.45) is 5.10 Å². The van der Waals surface area contributed by atoms with Crippen LogP contribution in [0.25, 0.3) is 33.5 Å². The number of halogens is 2. The van der Waals surface area contributed by atoms with Gasteiger partial charge in [-0.2, -0.15) is 9.78 Å². The Morgan fingerprint density at radius 3 is 2.65 bits per heavy atom. The van der Waals surface area contributed by atoms with Crippen molar-refractivity contribution in [2.45, 2.75) is 26.9 Å².